The Kier molecular flexibility index (Phi) is 6.33. The highest BCUT2D eigenvalue weighted by Gasteiger charge is 2.14. The van der Waals surface area contributed by atoms with Crippen molar-refractivity contribution in [3.63, 3.8) is 0 Å². The van der Waals surface area contributed by atoms with Crippen LogP contribution in [0.5, 0.6) is 0 Å². The quantitative estimate of drug-likeness (QED) is 0.694. The van der Waals surface area contributed by atoms with Gasteiger partial charge in [-0.15, -0.1) is 0 Å². The van der Waals surface area contributed by atoms with Gasteiger partial charge in [0.05, 0.1) is 0 Å². The molecular weight excluding hydrogens is 224 g/mol. The third-order valence-electron chi connectivity index (χ3n) is 3.29. The minimum absolute atomic E-state index is 0.167. The monoisotopic (exact) mass is 250 g/mol. The minimum Gasteiger partial charge on any atom is -0.396 e. The molecule has 0 fully saturated rings. The zero-order chi connectivity index (χ0) is 13.5. The zero-order valence-electron chi connectivity index (χ0n) is 11.7. The van der Waals surface area contributed by atoms with E-state index >= 15 is 0 Å². The van der Waals surface area contributed by atoms with Crippen LogP contribution in [0.3, 0.4) is 0 Å². The van der Waals surface area contributed by atoms with Gasteiger partial charge in [0.2, 0.25) is 0 Å². The van der Waals surface area contributed by atoms with Gasteiger partial charge in [-0.2, -0.15) is 0 Å². The van der Waals surface area contributed by atoms with Crippen molar-refractivity contribution in [3.05, 3.63) is 34.9 Å². The molecule has 0 aliphatic carbocycles. The lowest BCUT2D eigenvalue weighted by molar-refractivity contribution is 0.256. The van der Waals surface area contributed by atoms with Crippen LogP contribution in [-0.2, 0) is 0 Å². The second-order valence-electron chi connectivity index (χ2n) is 4.99. The molecule has 0 saturated carbocycles. The highest BCUT2D eigenvalue weighted by Crippen LogP contribution is 2.17. The van der Waals surface area contributed by atoms with Gasteiger partial charge in [-0.05, 0) is 32.3 Å². The molecule has 0 heterocycles. The Hall–Kier alpha value is -0.900. The molecule has 4 N–H and O–H groups in total. The van der Waals surface area contributed by atoms with Crippen LogP contribution in [0, 0.1) is 13.8 Å². The molecule has 0 bridgehead atoms. The molecule has 102 valence electrons. The van der Waals surface area contributed by atoms with Crippen molar-refractivity contribution in [1.82, 2.24) is 5.32 Å². The lowest BCUT2D eigenvalue weighted by atomic mass is 10.00. The highest BCUT2D eigenvalue weighted by molar-refractivity contribution is 5.31. The Morgan fingerprint density at radius 1 is 1.22 bits per heavy atom. The summed E-state index contributed by atoms with van der Waals surface area (Å²) in [7, 11) is 0. The van der Waals surface area contributed by atoms with E-state index in [1.54, 1.807) is 0 Å². The van der Waals surface area contributed by atoms with Crippen LogP contribution in [0.25, 0.3) is 0 Å². The summed E-state index contributed by atoms with van der Waals surface area (Å²) in [6.07, 6.45) is 1.78. The smallest absolute Gasteiger partial charge is 0.0446 e. The Balaban J connectivity index is 2.81. The summed E-state index contributed by atoms with van der Waals surface area (Å²) >= 11 is 0. The van der Waals surface area contributed by atoms with E-state index in [0.29, 0.717) is 12.6 Å². The lowest BCUT2D eigenvalue weighted by Crippen LogP contribution is -2.37. The Labute approximate surface area is 110 Å². The highest BCUT2D eigenvalue weighted by atomic mass is 16.3. The lowest BCUT2D eigenvalue weighted by Gasteiger charge is -2.24. The molecule has 3 heteroatoms. The van der Waals surface area contributed by atoms with Crippen molar-refractivity contribution in [1.29, 1.82) is 0 Å². The molecule has 0 saturated heterocycles. The van der Waals surface area contributed by atoms with E-state index in [4.69, 9.17) is 10.8 Å². The first-order valence-electron chi connectivity index (χ1n) is 6.75. The van der Waals surface area contributed by atoms with Crippen molar-refractivity contribution < 1.29 is 5.11 Å². The first-order chi connectivity index (χ1) is 8.60. The Morgan fingerprint density at radius 2 is 1.83 bits per heavy atom. The van der Waals surface area contributed by atoms with Gasteiger partial charge in [-0.1, -0.05) is 36.2 Å². The third kappa shape index (κ3) is 4.41. The van der Waals surface area contributed by atoms with Crippen molar-refractivity contribution in [2.45, 2.75) is 45.7 Å². The predicted molar refractivity (Wildman–Crippen MR) is 76.6 cm³/mol. The molecule has 0 aromatic heterocycles. The number of hydrogen-bond acceptors (Lipinski definition) is 3. The van der Waals surface area contributed by atoms with Crippen molar-refractivity contribution in [3.8, 4) is 0 Å². The van der Waals surface area contributed by atoms with E-state index in [-0.39, 0.29) is 12.6 Å². The van der Waals surface area contributed by atoms with E-state index in [2.05, 4.69) is 44.3 Å². The molecule has 0 amide bonds. The van der Waals surface area contributed by atoms with Gasteiger partial charge in [0.15, 0.2) is 0 Å². The number of aliphatic hydroxyl groups excluding tert-OH is 1. The number of nitrogens with one attached hydrogen (secondary N) is 1. The summed E-state index contributed by atoms with van der Waals surface area (Å²) < 4.78 is 0. The number of aliphatic hydroxyl groups is 1. The maximum Gasteiger partial charge on any atom is 0.0446 e. The number of hydrogen-bond donors (Lipinski definition) is 3. The first-order valence-corrected chi connectivity index (χ1v) is 6.75. The summed E-state index contributed by atoms with van der Waals surface area (Å²) in [4.78, 5) is 0. The van der Waals surface area contributed by atoms with Gasteiger partial charge in [-0.3, -0.25) is 0 Å². The number of aryl methyl sites for hydroxylation is 2. The summed E-state index contributed by atoms with van der Waals surface area (Å²) in [6.45, 7) is 7.13. The molecule has 1 aromatic carbocycles. The second kappa shape index (κ2) is 7.52. The summed E-state index contributed by atoms with van der Waals surface area (Å²) in [6, 6.07) is 7.03. The molecule has 0 radical (unpaired) electrons. The molecule has 0 spiro atoms. The topological polar surface area (TPSA) is 58.3 Å². The molecule has 0 aliphatic heterocycles. The SMILES string of the molecule is CCC(CCO)NC(CN)c1cc(C)cc(C)c1. The normalized spacial score (nSPS) is 14.5. The molecule has 3 nitrogen and oxygen atoms in total. The van der Waals surface area contributed by atoms with Crippen LogP contribution >= 0.6 is 0 Å². The van der Waals surface area contributed by atoms with E-state index in [1.807, 2.05) is 0 Å². The van der Waals surface area contributed by atoms with E-state index < -0.39 is 0 Å². The van der Waals surface area contributed by atoms with Crippen LogP contribution in [0.2, 0.25) is 0 Å². The first kappa shape index (κ1) is 15.2. The summed E-state index contributed by atoms with van der Waals surface area (Å²) in [5, 5.41) is 12.6. The minimum atomic E-state index is 0.167. The predicted octanol–water partition coefficient (Wildman–Crippen LogP) is 2.05. The molecule has 18 heavy (non-hydrogen) atoms. The number of benzene rings is 1. The number of nitrogens with two attached hydrogens (primary N) is 1. The fourth-order valence-corrected chi connectivity index (χ4v) is 2.36. The van der Waals surface area contributed by atoms with Gasteiger partial charge < -0.3 is 16.2 Å². The van der Waals surface area contributed by atoms with Crippen molar-refractivity contribution >= 4 is 0 Å². The van der Waals surface area contributed by atoms with Crippen molar-refractivity contribution in [2.75, 3.05) is 13.2 Å². The molecule has 2 atom stereocenters. The average Bonchev–Trinajstić information content (AvgIpc) is 2.33. The molecular formula is C15H26N2O. The summed E-state index contributed by atoms with van der Waals surface area (Å²) in [5.41, 5.74) is 9.65. The fourth-order valence-electron chi connectivity index (χ4n) is 2.36. The van der Waals surface area contributed by atoms with Crippen LogP contribution in [0.1, 0.15) is 42.5 Å². The largest absolute Gasteiger partial charge is 0.396 e. The standard InChI is InChI=1S/C15H26N2O/c1-4-14(5-6-18)17-15(10-16)13-8-11(2)7-12(3)9-13/h7-9,14-15,17-18H,4-6,10,16H2,1-3H3. The Bertz CT molecular complexity index is 345. The van der Waals surface area contributed by atoms with Crippen LogP contribution in [0.4, 0.5) is 0 Å². The van der Waals surface area contributed by atoms with Gasteiger partial charge in [0, 0.05) is 25.2 Å². The molecule has 1 aromatic rings. The fraction of sp³-hybridized carbons (Fsp3) is 0.600. The number of rotatable bonds is 7. The van der Waals surface area contributed by atoms with Gasteiger partial charge in [0.1, 0.15) is 0 Å². The maximum absolute atomic E-state index is 9.04. The molecule has 2 unspecified atom stereocenters. The Morgan fingerprint density at radius 3 is 2.28 bits per heavy atom. The van der Waals surface area contributed by atoms with Gasteiger partial charge >= 0.3 is 0 Å². The second-order valence-corrected chi connectivity index (χ2v) is 4.99. The maximum atomic E-state index is 9.04. The average molecular weight is 250 g/mol. The molecule has 0 aliphatic rings. The van der Waals surface area contributed by atoms with Crippen LogP contribution in [-0.4, -0.2) is 24.3 Å². The van der Waals surface area contributed by atoms with E-state index in [0.717, 1.165) is 12.8 Å². The van der Waals surface area contributed by atoms with Crippen molar-refractivity contribution in [2.24, 2.45) is 5.73 Å². The van der Waals surface area contributed by atoms with Gasteiger partial charge in [-0.25, -0.2) is 0 Å². The van der Waals surface area contributed by atoms with Crippen LogP contribution < -0.4 is 11.1 Å². The zero-order valence-corrected chi connectivity index (χ0v) is 11.7. The van der Waals surface area contributed by atoms with E-state index in [1.165, 1.54) is 16.7 Å². The van der Waals surface area contributed by atoms with Gasteiger partial charge in [0.25, 0.3) is 0 Å². The summed E-state index contributed by atoms with van der Waals surface area (Å²) in [5.74, 6) is 0. The van der Waals surface area contributed by atoms with E-state index in [9.17, 15) is 0 Å². The molecule has 1 rings (SSSR count). The third-order valence-corrected chi connectivity index (χ3v) is 3.29. The van der Waals surface area contributed by atoms with Crippen LogP contribution in [0.15, 0.2) is 18.2 Å².